The first-order valence-electron chi connectivity index (χ1n) is 7.09. The number of aromatic nitrogens is 1. The van der Waals surface area contributed by atoms with E-state index in [1.807, 2.05) is 57.3 Å². The Morgan fingerprint density at radius 1 is 1.19 bits per heavy atom. The van der Waals surface area contributed by atoms with Crippen LogP contribution in [0.15, 0.2) is 36.4 Å². The van der Waals surface area contributed by atoms with E-state index in [0.717, 1.165) is 29.8 Å². The first-order valence-corrected chi connectivity index (χ1v) is 7.09. The van der Waals surface area contributed by atoms with Gasteiger partial charge in [-0.3, -0.25) is 4.79 Å². The maximum atomic E-state index is 12.4. The fraction of sp³-hybridized carbons (Fsp3) is 0.294. The van der Waals surface area contributed by atoms with Crippen molar-refractivity contribution >= 4 is 11.7 Å². The van der Waals surface area contributed by atoms with Gasteiger partial charge in [0, 0.05) is 11.3 Å². The number of likely N-dealkylation sites (N-methyl/N-ethyl adjacent to an activating group) is 1. The summed E-state index contributed by atoms with van der Waals surface area (Å²) in [6, 6.07) is 11.5. The molecule has 0 spiro atoms. The number of benzene rings is 1. The van der Waals surface area contributed by atoms with Crippen molar-refractivity contribution in [1.82, 2.24) is 10.3 Å². The van der Waals surface area contributed by atoms with Crippen LogP contribution in [0.2, 0.25) is 0 Å². The number of carbonyl (C=O) groups is 1. The first kappa shape index (κ1) is 15.2. The highest BCUT2D eigenvalue weighted by Gasteiger charge is 2.11. The Morgan fingerprint density at radius 3 is 2.67 bits per heavy atom. The standard InChI is InChI=1S/C17H21N3O/c1-12-10-13(2)19-16(11-12)20-17(21)15-7-5-4-6-14(15)8-9-18-3/h4-7,10-11,18H,8-9H2,1-3H3,(H,19,20,21). The Bertz CT molecular complexity index is 617. The van der Waals surface area contributed by atoms with E-state index in [4.69, 9.17) is 0 Å². The van der Waals surface area contributed by atoms with Gasteiger partial charge in [-0.1, -0.05) is 18.2 Å². The number of carbonyl (C=O) groups excluding carboxylic acids is 1. The van der Waals surface area contributed by atoms with Crippen molar-refractivity contribution in [3.8, 4) is 0 Å². The van der Waals surface area contributed by atoms with Gasteiger partial charge in [-0.25, -0.2) is 4.98 Å². The smallest absolute Gasteiger partial charge is 0.257 e. The van der Waals surface area contributed by atoms with Crippen LogP contribution in [0, 0.1) is 13.8 Å². The molecule has 0 unspecified atom stereocenters. The Kier molecular flexibility index (Phi) is 5.06. The second kappa shape index (κ2) is 6.99. The minimum absolute atomic E-state index is 0.112. The Morgan fingerprint density at radius 2 is 1.95 bits per heavy atom. The molecule has 4 heteroatoms. The van der Waals surface area contributed by atoms with Gasteiger partial charge in [0.2, 0.25) is 0 Å². The molecule has 110 valence electrons. The summed E-state index contributed by atoms with van der Waals surface area (Å²) in [5.41, 5.74) is 3.72. The molecular weight excluding hydrogens is 262 g/mol. The maximum absolute atomic E-state index is 12.4. The summed E-state index contributed by atoms with van der Waals surface area (Å²) in [7, 11) is 1.90. The zero-order chi connectivity index (χ0) is 15.2. The molecule has 0 saturated carbocycles. The molecule has 0 radical (unpaired) electrons. The van der Waals surface area contributed by atoms with Crippen molar-refractivity contribution in [1.29, 1.82) is 0 Å². The molecule has 0 aliphatic carbocycles. The zero-order valence-electron chi connectivity index (χ0n) is 12.7. The molecule has 21 heavy (non-hydrogen) atoms. The molecule has 1 amide bonds. The van der Waals surface area contributed by atoms with Gasteiger partial charge < -0.3 is 10.6 Å². The number of anilines is 1. The largest absolute Gasteiger partial charge is 0.319 e. The average Bonchev–Trinajstić information content (AvgIpc) is 2.44. The molecular formula is C17H21N3O. The van der Waals surface area contributed by atoms with Crippen LogP contribution in [0.5, 0.6) is 0 Å². The summed E-state index contributed by atoms with van der Waals surface area (Å²) in [5.74, 6) is 0.486. The van der Waals surface area contributed by atoms with Crippen LogP contribution in [-0.2, 0) is 6.42 Å². The molecule has 0 saturated heterocycles. The molecule has 2 aromatic rings. The fourth-order valence-corrected chi connectivity index (χ4v) is 2.31. The molecule has 2 rings (SSSR count). The summed E-state index contributed by atoms with van der Waals surface area (Å²) in [6.45, 7) is 4.75. The molecule has 0 fully saturated rings. The summed E-state index contributed by atoms with van der Waals surface area (Å²) in [4.78, 5) is 16.8. The van der Waals surface area contributed by atoms with E-state index in [1.165, 1.54) is 0 Å². The molecule has 1 heterocycles. The summed E-state index contributed by atoms with van der Waals surface area (Å²) < 4.78 is 0. The number of nitrogens with one attached hydrogen (secondary N) is 2. The van der Waals surface area contributed by atoms with Crippen LogP contribution in [0.4, 0.5) is 5.82 Å². The van der Waals surface area contributed by atoms with Gasteiger partial charge in [0.25, 0.3) is 5.91 Å². The molecule has 4 nitrogen and oxygen atoms in total. The second-order valence-corrected chi connectivity index (χ2v) is 5.14. The highest BCUT2D eigenvalue weighted by Crippen LogP contribution is 2.14. The van der Waals surface area contributed by atoms with E-state index in [9.17, 15) is 4.79 Å². The number of hydrogen-bond donors (Lipinski definition) is 2. The predicted octanol–water partition coefficient (Wildman–Crippen LogP) is 2.71. The highest BCUT2D eigenvalue weighted by atomic mass is 16.1. The van der Waals surface area contributed by atoms with Crippen molar-refractivity contribution < 1.29 is 4.79 Å². The monoisotopic (exact) mass is 283 g/mol. The van der Waals surface area contributed by atoms with Gasteiger partial charge in [0.1, 0.15) is 5.82 Å². The van der Waals surface area contributed by atoms with Crippen molar-refractivity contribution in [3.05, 3.63) is 58.8 Å². The van der Waals surface area contributed by atoms with E-state index in [0.29, 0.717) is 11.4 Å². The summed E-state index contributed by atoms with van der Waals surface area (Å²) in [5, 5.41) is 5.99. The SMILES string of the molecule is CNCCc1ccccc1C(=O)Nc1cc(C)cc(C)n1. The van der Waals surface area contributed by atoms with Gasteiger partial charge in [-0.15, -0.1) is 0 Å². The molecule has 2 N–H and O–H groups in total. The van der Waals surface area contributed by atoms with Crippen LogP contribution >= 0.6 is 0 Å². The average molecular weight is 283 g/mol. The quantitative estimate of drug-likeness (QED) is 0.887. The van der Waals surface area contributed by atoms with E-state index >= 15 is 0 Å². The lowest BCUT2D eigenvalue weighted by Gasteiger charge is -2.10. The van der Waals surface area contributed by atoms with Crippen molar-refractivity contribution in [2.45, 2.75) is 20.3 Å². The van der Waals surface area contributed by atoms with Crippen molar-refractivity contribution in [2.24, 2.45) is 0 Å². The number of aryl methyl sites for hydroxylation is 2. The zero-order valence-corrected chi connectivity index (χ0v) is 12.7. The maximum Gasteiger partial charge on any atom is 0.257 e. The van der Waals surface area contributed by atoms with E-state index in [1.54, 1.807) is 0 Å². The molecule has 1 aromatic carbocycles. The molecule has 0 aliphatic rings. The summed E-state index contributed by atoms with van der Waals surface area (Å²) >= 11 is 0. The first-order chi connectivity index (χ1) is 10.1. The lowest BCUT2D eigenvalue weighted by Crippen LogP contribution is -2.18. The lowest BCUT2D eigenvalue weighted by molar-refractivity contribution is 0.102. The van der Waals surface area contributed by atoms with Crippen molar-refractivity contribution in [2.75, 3.05) is 18.9 Å². The van der Waals surface area contributed by atoms with Crippen molar-refractivity contribution in [3.63, 3.8) is 0 Å². The van der Waals surface area contributed by atoms with Crippen LogP contribution in [0.3, 0.4) is 0 Å². The third-order valence-electron chi connectivity index (χ3n) is 3.25. The number of amides is 1. The van der Waals surface area contributed by atoms with Crippen LogP contribution in [0.25, 0.3) is 0 Å². The molecule has 0 aliphatic heterocycles. The molecule has 1 aromatic heterocycles. The Labute approximate surface area is 125 Å². The van der Waals surface area contributed by atoms with Crippen LogP contribution < -0.4 is 10.6 Å². The van der Waals surface area contributed by atoms with E-state index in [-0.39, 0.29) is 5.91 Å². The van der Waals surface area contributed by atoms with Gasteiger partial charge >= 0.3 is 0 Å². The Hall–Kier alpha value is -2.20. The predicted molar refractivity (Wildman–Crippen MR) is 85.7 cm³/mol. The molecule has 0 atom stereocenters. The fourth-order valence-electron chi connectivity index (χ4n) is 2.31. The van der Waals surface area contributed by atoms with Gasteiger partial charge in [0.15, 0.2) is 0 Å². The number of hydrogen-bond acceptors (Lipinski definition) is 3. The normalized spacial score (nSPS) is 10.4. The number of pyridine rings is 1. The van der Waals surface area contributed by atoms with Crippen LogP contribution in [-0.4, -0.2) is 24.5 Å². The van der Waals surface area contributed by atoms with E-state index in [2.05, 4.69) is 15.6 Å². The van der Waals surface area contributed by atoms with Gasteiger partial charge in [-0.05, 0) is 63.2 Å². The minimum Gasteiger partial charge on any atom is -0.319 e. The Balaban J connectivity index is 2.20. The second-order valence-electron chi connectivity index (χ2n) is 5.14. The summed E-state index contributed by atoms with van der Waals surface area (Å²) in [6.07, 6.45) is 0.820. The minimum atomic E-state index is -0.112. The molecule has 0 bridgehead atoms. The van der Waals surface area contributed by atoms with E-state index < -0.39 is 0 Å². The van der Waals surface area contributed by atoms with Gasteiger partial charge in [0.05, 0.1) is 0 Å². The third kappa shape index (κ3) is 4.13. The number of rotatable bonds is 5. The van der Waals surface area contributed by atoms with Gasteiger partial charge in [-0.2, -0.15) is 0 Å². The topological polar surface area (TPSA) is 54.0 Å². The van der Waals surface area contributed by atoms with Crippen LogP contribution in [0.1, 0.15) is 27.2 Å². The number of nitrogens with zero attached hydrogens (tertiary/aromatic N) is 1. The third-order valence-corrected chi connectivity index (χ3v) is 3.25. The lowest BCUT2D eigenvalue weighted by atomic mass is 10.0. The highest BCUT2D eigenvalue weighted by molar-refractivity contribution is 6.04.